The summed E-state index contributed by atoms with van der Waals surface area (Å²) >= 11 is 1.87. The first kappa shape index (κ1) is 13.7. The number of nitrogens with zero attached hydrogens (tertiary/aromatic N) is 1. The molecule has 6 heteroatoms. The van der Waals surface area contributed by atoms with Crippen LogP contribution < -0.4 is 5.32 Å². The van der Waals surface area contributed by atoms with E-state index in [1.165, 1.54) is 6.07 Å². The minimum atomic E-state index is -1.06. The van der Waals surface area contributed by atoms with Gasteiger partial charge in [-0.3, -0.25) is 4.79 Å². The molecule has 2 rings (SSSR count). The molecule has 1 amide bonds. The maximum absolute atomic E-state index is 13.6. The van der Waals surface area contributed by atoms with Crippen molar-refractivity contribution in [2.75, 3.05) is 20.1 Å². The molecule has 1 aliphatic heterocycles. The molecule has 1 heterocycles. The second-order valence-corrected chi connectivity index (χ2v) is 5.52. The van der Waals surface area contributed by atoms with Crippen LogP contribution in [0, 0.1) is 15.2 Å². The second-order valence-electron chi connectivity index (χ2n) is 4.27. The normalized spacial score (nSPS) is 19.3. The van der Waals surface area contributed by atoms with Gasteiger partial charge in [-0.1, -0.05) is 0 Å². The maximum Gasteiger partial charge on any atom is 0.257 e. The van der Waals surface area contributed by atoms with Crippen molar-refractivity contribution in [3.05, 3.63) is 32.9 Å². The lowest BCUT2D eigenvalue weighted by atomic mass is 10.2. The molecule has 1 unspecified atom stereocenters. The zero-order valence-corrected chi connectivity index (χ0v) is 12.0. The average molecular weight is 366 g/mol. The van der Waals surface area contributed by atoms with Gasteiger partial charge in [0.25, 0.3) is 5.91 Å². The molecule has 1 saturated heterocycles. The van der Waals surface area contributed by atoms with Crippen LogP contribution in [0.2, 0.25) is 0 Å². The van der Waals surface area contributed by atoms with Gasteiger partial charge < -0.3 is 10.2 Å². The van der Waals surface area contributed by atoms with Crippen LogP contribution in [0.3, 0.4) is 0 Å². The Morgan fingerprint density at radius 3 is 2.83 bits per heavy atom. The maximum atomic E-state index is 13.6. The molecular formula is C12H13F2IN2O. The molecule has 3 nitrogen and oxygen atoms in total. The highest BCUT2D eigenvalue weighted by atomic mass is 127. The number of hydrogen-bond acceptors (Lipinski definition) is 2. The molecule has 0 spiro atoms. The molecule has 0 radical (unpaired) electrons. The van der Waals surface area contributed by atoms with Crippen LogP contribution in [0.15, 0.2) is 12.1 Å². The van der Waals surface area contributed by atoms with Crippen molar-refractivity contribution in [2.24, 2.45) is 0 Å². The molecule has 1 aliphatic rings. The summed E-state index contributed by atoms with van der Waals surface area (Å²) in [5.74, 6) is -2.48. The van der Waals surface area contributed by atoms with E-state index < -0.39 is 17.5 Å². The molecule has 18 heavy (non-hydrogen) atoms. The van der Waals surface area contributed by atoms with E-state index in [0.29, 0.717) is 16.7 Å². The summed E-state index contributed by atoms with van der Waals surface area (Å²) in [4.78, 5) is 13.7. The Morgan fingerprint density at radius 1 is 1.50 bits per heavy atom. The first-order valence-electron chi connectivity index (χ1n) is 5.64. The van der Waals surface area contributed by atoms with Gasteiger partial charge in [0.15, 0.2) is 11.6 Å². The number of carbonyl (C=O) groups excluding carboxylic acids is 1. The lowest BCUT2D eigenvalue weighted by Gasteiger charge is -2.17. The smallest absolute Gasteiger partial charge is 0.257 e. The molecule has 98 valence electrons. The van der Waals surface area contributed by atoms with Gasteiger partial charge in [0, 0.05) is 22.7 Å². The summed E-state index contributed by atoms with van der Waals surface area (Å²) in [6, 6.07) is 2.69. The first-order valence-corrected chi connectivity index (χ1v) is 6.72. The van der Waals surface area contributed by atoms with Gasteiger partial charge in [0.1, 0.15) is 0 Å². The third kappa shape index (κ3) is 2.64. The average Bonchev–Trinajstić information content (AvgIpc) is 2.81. The molecular weight excluding hydrogens is 353 g/mol. The molecule has 0 aromatic heterocycles. The van der Waals surface area contributed by atoms with E-state index in [0.717, 1.165) is 12.5 Å². The second kappa shape index (κ2) is 5.48. The Kier molecular flexibility index (Phi) is 4.16. The SMILES string of the molecule is CNC1CCN(C(=O)c2cc(I)cc(F)c2F)C1. The molecule has 1 atom stereocenters. The lowest BCUT2D eigenvalue weighted by molar-refractivity contribution is 0.0784. The number of likely N-dealkylation sites (tertiary alicyclic amines) is 1. The van der Waals surface area contributed by atoms with Crippen molar-refractivity contribution in [2.45, 2.75) is 12.5 Å². The van der Waals surface area contributed by atoms with Gasteiger partial charge >= 0.3 is 0 Å². The molecule has 0 bridgehead atoms. The first-order chi connectivity index (χ1) is 8.52. The van der Waals surface area contributed by atoms with E-state index >= 15 is 0 Å². The fourth-order valence-corrected chi connectivity index (χ4v) is 2.65. The molecule has 1 aromatic carbocycles. The minimum absolute atomic E-state index is 0.184. The lowest BCUT2D eigenvalue weighted by Crippen LogP contribution is -2.34. The van der Waals surface area contributed by atoms with Crippen LogP contribution in [0.4, 0.5) is 8.78 Å². The Balaban J connectivity index is 2.24. The third-order valence-corrected chi connectivity index (χ3v) is 3.73. The predicted octanol–water partition coefficient (Wildman–Crippen LogP) is 2.00. The highest BCUT2D eigenvalue weighted by Gasteiger charge is 2.28. The van der Waals surface area contributed by atoms with E-state index in [4.69, 9.17) is 0 Å². The minimum Gasteiger partial charge on any atom is -0.337 e. The van der Waals surface area contributed by atoms with Gasteiger partial charge in [-0.05, 0) is 48.2 Å². The summed E-state index contributed by atoms with van der Waals surface area (Å²) in [7, 11) is 1.82. The van der Waals surface area contributed by atoms with Crippen LogP contribution in [0.25, 0.3) is 0 Å². The van der Waals surface area contributed by atoms with Gasteiger partial charge in [-0.2, -0.15) is 0 Å². The largest absolute Gasteiger partial charge is 0.337 e. The number of rotatable bonds is 2. The Morgan fingerprint density at radius 2 is 2.22 bits per heavy atom. The van der Waals surface area contributed by atoms with E-state index in [-0.39, 0.29) is 11.6 Å². The number of carbonyl (C=O) groups is 1. The summed E-state index contributed by atoms with van der Waals surface area (Å²) < 4.78 is 27.4. The monoisotopic (exact) mass is 366 g/mol. The van der Waals surface area contributed by atoms with Crippen molar-refractivity contribution in [3.63, 3.8) is 0 Å². The number of likely N-dealkylation sites (N-methyl/N-ethyl adjacent to an activating group) is 1. The van der Waals surface area contributed by atoms with Crippen LogP contribution in [0.5, 0.6) is 0 Å². The van der Waals surface area contributed by atoms with Gasteiger partial charge in [0.05, 0.1) is 5.56 Å². The number of hydrogen-bond donors (Lipinski definition) is 1. The molecule has 1 fully saturated rings. The number of benzene rings is 1. The highest BCUT2D eigenvalue weighted by Crippen LogP contribution is 2.20. The fourth-order valence-electron chi connectivity index (χ4n) is 2.06. The van der Waals surface area contributed by atoms with Gasteiger partial charge in [-0.15, -0.1) is 0 Å². The van der Waals surface area contributed by atoms with Crippen molar-refractivity contribution < 1.29 is 13.6 Å². The van der Waals surface area contributed by atoms with Crippen molar-refractivity contribution >= 4 is 28.5 Å². The zero-order chi connectivity index (χ0) is 13.3. The fraction of sp³-hybridized carbons (Fsp3) is 0.417. The molecule has 1 aromatic rings. The summed E-state index contributed by atoms with van der Waals surface area (Å²) in [6.07, 6.45) is 0.830. The van der Waals surface area contributed by atoms with Crippen molar-refractivity contribution in [1.82, 2.24) is 10.2 Å². The van der Waals surface area contributed by atoms with Crippen molar-refractivity contribution in [3.8, 4) is 0 Å². The Bertz CT molecular complexity index is 481. The van der Waals surface area contributed by atoms with E-state index in [9.17, 15) is 13.6 Å². The molecule has 0 saturated carbocycles. The predicted molar refractivity (Wildman–Crippen MR) is 72.4 cm³/mol. The molecule has 0 aliphatic carbocycles. The summed E-state index contributed by atoms with van der Waals surface area (Å²) in [6.45, 7) is 1.10. The Labute approximate surface area is 118 Å². The third-order valence-electron chi connectivity index (χ3n) is 3.11. The number of halogens is 3. The quantitative estimate of drug-likeness (QED) is 0.642. The van der Waals surface area contributed by atoms with Crippen LogP contribution >= 0.6 is 22.6 Å². The Hall–Kier alpha value is -0.760. The topological polar surface area (TPSA) is 32.3 Å². The molecule has 1 N–H and O–H groups in total. The van der Waals surface area contributed by atoms with Gasteiger partial charge in [-0.25, -0.2) is 8.78 Å². The summed E-state index contributed by atoms with van der Waals surface area (Å²) in [5, 5.41) is 3.07. The zero-order valence-electron chi connectivity index (χ0n) is 9.84. The number of nitrogens with one attached hydrogen (secondary N) is 1. The van der Waals surface area contributed by atoms with Crippen LogP contribution in [0.1, 0.15) is 16.8 Å². The van der Waals surface area contributed by atoms with E-state index in [1.54, 1.807) is 4.90 Å². The summed E-state index contributed by atoms with van der Waals surface area (Å²) in [5.41, 5.74) is -0.184. The number of amides is 1. The van der Waals surface area contributed by atoms with Gasteiger partial charge in [0.2, 0.25) is 0 Å². The van der Waals surface area contributed by atoms with Crippen LogP contribution in [-0.2, 0) is 0 Å². The standard InChI is InChI=1S/C12H13F2IN2O/c1-16-8-2-3-17(6-8)12(18)9-4-7(15)5-10(13)11(9)14/h4-5,8,16H,2-3,6H2,1H3. The van der Waals surface area contributed by atoms with Crippen molar-refractivity contribution in [1.29, 1.82) is 0 Å². The van der Waals surface area contributed by atoms with E-state index in [2.05, 4.69) is 5.32 Å². The van der Waals surface area contributed by atoms with E-state index in [1.807, 2.05) is 29.6 Å². The highest BCUT2D eigenvalue weighted by molar-refractivity contribution is 14.1. The van der Waals surface area contributed by atoms with Crippen LogP contribution in [-0.4, -0.2) is 37.0 Å².